The summed E-state index contributed by atoms with van der Waals surface area (Å²) in [5.41, 5.74) is 0. The summed E-state index contributed by atoms with van der Waals surface area (Å²) in [6.07, 6.45) is 3.38. The first-order chi connectivity index (χ1) is 7.00. The molecule has 0 saturated heterocycles. The number of nitrogens with one attached hydrogen (secondary N) is 1. The van der Waals surface area contributed by atoms with Crippen LogP contribution in [0.2, 0.25) is 0 Å². The van der Waals surface area contributed by atoms with Crippen LogP contribution in [-0.4, -0.2) is 48.0 Å². The molecule has 86 valence electrons. The minimum Gasteiger partial charge on any atom is -0.266 e. The molecule has 0 radical (unpaired) electrons. The maximum atomic E-state index is 12.0. The number of sulfonamides is 1. The van der Waals surface area contributed by atoms with Crippen LogP contribution in [-0.2, 0) is 10.0 Å². The van der Waals surface area contributed by atoms with Crippen molar-refractivity contribution >= 4 is 21.8 Å². The summed E-state index contributed by atoms with van der Waals surface area (Å²) < 4.78 is 25.3. The second-order valence-corrected chi connectivity index (χ2v) is 6.12. The van der Waals surface area contributed by atoms with E-state index in [0.717, 1.165) is 5.75 Å². The van der Waals surface area contributed by atoms with Crippen molar-refractivity contribution in [3.05, 3.63) is 12.3 Å². The van der Waals surface area contributed by atoms with Gasteiger partial charge in [-0.25, -0.2) is 8.42 Å². The highest BCUT2D eigenvalue weighted by atomic mass is 32.2. The molecular formula is C8H15N3O2S2. The van der Waals surface area contributed by atoms with E-state index >= 15 is 0 Å². The molecule has 0 saturated carbocycles. The van der Waals surface area contributed by atoms with E-state index in [1.807, 2.05) is 13.2 Å². The summed E-state index contributed by atoms with van der Waals surface area (Å²) in [6, 6.07) is 1.42. The fourth-order valence-corrected chi connectivity index (χ4v) is 3.18. The molecule has 0 spiro atoms. The van der Waals surface area contributed by atoms with Crippen molar-refractivity contribution in [3.63, 3.8) is 0 Å². The average molecular weight is 249 g/mol. The minimum atomic E-state index is -3.42. The lowest BCUT2D eigenvalue weighted by Crippen LogP contribution is -2.36. The molecular weight excluding hydrogens is 234 g/mol. The third kappa shape index (κ3) is 2.73. The van der Waals surface area contributed by atoms with Crippen molar-refractivity contribution in [2.45, 2.75) is 18.0 Å². The highest BCUT2D eigenvalue weighted by Crippen LogP contribution is 2.15. The van der Waals surface area contributed by atoms with Gasteiger partial charge in [-0.1, -0.05) is 0 Å². The number of aromatic nitrogens is 2. The van der Waals surface area contributed by atoms with Crippen LogP contribution in [0.1, 0.15) is 6.92 Å². The number of nitrogens with zero attached hydrogens (tertiary/aromatic N) is 2. The van der Waals surface area contributed by atoms with Crippen LogP contribution in [0.4, 0.5) is 0 Å². The van der Waals surface area contributed by atoms with Crippen molar-refractivity contribution < 1.29 is 8.42 Å². The first kappa shape index (κ1) is 12.5. The summed E-state index contributed by atoms with van der Waals surface area (Å²) >= 11 is 1.62. The van der Waals surface area contributed by atoms with E-state index in [0.29, 0.717) is 0 Å². The molecule has 1 aromatic heterocycles. The first-order valence-electron chi connectivity index (χ1n) is 4.46. The molecule has 0 aliphatic heterocycles. The van der Waals surface area contributed by atoms with Crippen molar-refractivity contribution in [1.29, 1.82) is 0 Å². The maximum absolute atomic E-state index is 12.0. The van der Waals surface area contributed by atoms with Crippen LogP contribution in [0.3, 0.4) is 0 Å². The summed E-state index contributed by atoms with van der Waals surface area (Å²) in [7, 11) is -1.83. The van der Waals surface area contributed by atoms with Gasteiger partial charge in [0.2, 0.25) is 0 Å². The quantitative estimate of drug-likeness (QED) is 0.837. The van der Waals surface area contributed by atoms with Crippen molar-refractivity contribution in [2.75, 3.05) is 19.1 Å². The average Bonchev–Trinajstić information content (AvgIpc) is 2.70. The van der Waals surface area contributed by atoms with Gasteiger partial charge in [0.1, 0.15) is 0 Å². The molecule has 7 heteroatoms. The number of H-pyrrole nitrogens is 1. The van der Waals surface area contributed by atoms with Gasteiger partial charge in [-0.05, 0) is 19.2 Å². The van der Waals surface area contributed by atoms with Crippen molar-refractivity contribution in [2.24, 2.45) is 0 Å². The van der Waals surface area contributed by atoms with Crippen molar-refractivity contribution in [1.82, 2.24) is 14.5 Å². The predicted molar refractivity (Wildman–Crippen MR) is 61.4 cm³/mol. The van der Waals surface area contributed by atoms with E-state index in [1.54, 1.807) is 18.8 Å². The molecule has 0 aromatic carbocycles. The molecule has 1 N–H and O–H groups in total. The predicted octanol–water partition coefficient (Wildman–Crippen LogP) is 0.782. The van der Waals surface area contributed by atoms with E-state index < -0.39 is 10.0 Å². The Labute approximate surface area is 94.3 Å². The first-order valence-corrected chi connectivity index (χ1v) is 7.30. The Balaban J connectivity index is 2.88. The standard InChI is InChI=1S/C8H15N3O2S2/c1-7(6-14-3)11(2)15(12,13)8-4-5-9-10-8/h4-5,7H,6H2,1-3H3,(H,9,10). The summed E-state index contributed by atoms with van der Waals surface area (Å²) in [5.74, 6) is 0.768. The van der Waals surface area contributed by atoms with E-state index in [2.05, 4.69) is 10.2 Å². The second-order valence-electron chi connectivity index (χ2n) is 3.25. The van der Waals surface area contributed by atoms with Gasteiger partial charge in [-0.15, -0.1) is 0 Å². The monoisotopic (exact) mass is 249 g/mol. The van der Waals surface area contributed by atoms with Crippen LogP contribution in [0.5, 0.6) is 0 Å². The van der Waals surface area contributed by atoms with Gasteiger partial charge in [0.15, 0.2) is 5.03 Å². The number of hydrogen-bond acceptors (Lipinski definition) is 4. The van der Waals surface area contributed by atoms with Gasteiger partial charge in [-0.3, -0.25) is 5.10 Å². The Morgan fingerprint density at radius 2 is 2.33 bits per heavy atom. The van der Waals surface area contributed by atoms with E-state index in [9.17, 15) is 8.42 Å². The number of rotatable bonds is 5. The molecule has 0 fully saturated rings. The fraction of sp³-hybridized carbons (Fsp3) is 0.625. The number of hydrogen-bond donors (Lipinski definition) is 1. The molecule has 0 aliphatic carbocycles. The highest BCUT2D eigenvalue weighted by molar-refractivity contribution is 7.98. The normalized spacial score (nSPS) is 14.4. The molecule has 5 nitrogen and oxygen atoms in total. The molecule has 1 unspecified atom stereocenters. The van der Waals surface area contributed by atoms with Gasteiger partial charge < -0.3 is 0 Å². The topological polar surface area (TPSA) is 66.1 Å². The van der Waals surface area contributed by atoms with Crippen LogP contribution < -0.4 is 0 Å². The Morgan fingerprint density at radius 3 is 2.80 bits per heavy atom. The molecule has 0 amide bonds. The Hall–Kier alpha value is -0.530. The lowest BCUT2D eigenvalue weighted by atomic mass is 10.4. The molecule has 1 heterocycles. The Bertz CT molecular complexity index is 388. The van der Waals surface area contributed by atoms with Crippen molar-refractivity contribution in [3.8, 4) is 0 Å². The highest BCUT2D eigenvalue weighted by Gasteiger charge is 2.25. The summed E-state index contributed by atoms with van der Waals surface area (Å²) in [5, 5.41) is 6.25. The molecule has 1 rings (SSSR count). The van der Waals surface area contributed by atoms with Gasteiger partial charge in [0.25, 0.3) is 10.0 Å². The smallest absolute Gasteiger partial charge is 0.259 e. The zero-order valence-corrected chi connectivity index (χ0v) is 10.6. The largest absolute Gasteiger partial charge is 0.266 e. The summed E-state index contributed by atoms with van der Waals surface area (Å²) in [6.45, 7) is 1.88. The van der Waals surface area contributed by atoms with Crippen LogP contribution >= 0.6 is 11.8 Å². The third-order valence-electron chi connectivity index (χ3n) is 2.16. The van der Waals surface area contributed by atoms with Gasteiger partial charge >= 0.3 is 0 Å². The van der Waals surface area contributed by atoms with E-state index in [-0.39, 0.29) is 11.1 Å². The molecule has 0 aliphatic rings. The van der Waals surface area contributed by atoms with Gasteiger partial charge in [0, 0.05) is 18.8 Å². The summed E-state index contributed by atoms with van der Waals surface area (Å²) in [4.78, 5) is 0. The molecule has 0 bridgehead atoms. The third-order valence-corrected chi connectivity index (χ3v) is 4.88. The van der Waals surface area contributed by atoms with Crippen LogP contribution in [0.25, 0.3) is 0 Å². The van der Waals surface area contributed by atoms with E-state index in [1.165, 1.54) is 16.6 Å². The number of aromatic amines is 1. The number of thioether (sulfide) groups is 1. The van der Waals surface area contributed by atoms with Crippen LogP contribution in [0.15, 0.2) is 17.3 Å². The van der Waals surface area contributed by atoms with Gasteiger partial charge in [0.05, 0.1) is 6.20 Å². The SMILES string of the molecule is CSCC(C)N(C)S(=O)(=O)c1ccn[nH]1. The Morgan fingerprint density at radius 1 is 1.67 bits per heavy atom. The maximum Gasteiger partial charge on any atom is 0.259 e. The fourth-order valence-electron chi connectivity index (χ4n) is 1.12. The zero-order chi connectivity index (χ0) is 11.5. The van der Waals surface area contributed by atoms with E-state index in [4.69, 9.17) is 0 Å². The second kappa shape index (κ2) is 5.00. The minimum absolute atomic E-state index is 0.0340. The molecule has 1 atom stereocenters. The lowest BCUT2D eigenvalue weighted by Gasteiger charge is -2.22. The van der Waals surface area contributed by atoms with Gasteiger partial charge in [-0.2, -0.15) is 21.2 Å². The zero-order valence-electron chi connectivity index (χ0n) is 8.97. The Kier molecular flexibility index (Phi) is 4.18. The molecule has 15 heavy (non-hydrogen) atoms. The van der Waals surface area contributed by atoms with Crippen LogP contribution in [0, 0.1) is 0 Å². The molecule has 1 aromatic rings. The lowest BCUT2D eigenvalue weighted by molar-refractivity contribution is 0.413.